The van der Waals surface area contributed by atoms with Gasteiger partial charge < -0.3 is 9.84 Å². The van der Waals surface area contributed by atoms with Crippen molar-refractivity contribution in [3.8, 4) is 5.75 Å². The molecule has 0 fully saturated rings. The predicted molar refractivity (Wildman–Crippen MR) is 91.3 cm³/mol. The van der Waals surface area contributed by atoms with E-state index in [1.165, 1.54) is 13.3 Å². The lowest BCUT2D eigenvalue weighted by Gasteiger charge is -2.02. The SMILES string of the molecule is COC(=O)CCCCCCC(=O)N/N=C/c1cc(Br)ccc1O. The number of amides is 1. The molecular formula is C16H21BrN2O4. The Hall–Kier alpha value is -1.89. The first-order chi connectivity index (χ1) is 11.0. The van der Waals surface area contributed by atoms with E-state index in [-0.39, 0.29) is 17.6 Å². The second-order valence-corrected chi connectivity index (χ2v) is 5.90. The van der Waals surface area contributed by atoms with Crippen molar-refractivity contribution in [1.29, 1.82) is 0 Å². The van der Waals surface area contributed by atoms with Gasteiger partial charge in [0, 0.05) is 22.9 Å². The molecule has 0 atom stereocenters. The van der Waals surface area contributed by atoms with E-state index in [9.17, 15) is 14.7 Å². The largest absolute Gasteiger partial charge is 0.507 e. The van der Waals surface area contributed by atoms with Crippen molar-refractivity contribution >= 4 is 34.0 Å². The summed E-state index contributed by atoms with van der Waals surface area (Å²) in [4.78, 5) is 22.5. The highest BCUT2D eigenvalue weighted by Crippen LogP contribution is 2.19. The molecule has 0 bridgehead atoms. The quantitative estimate of drug-likeness (QED) is 0.296. The van der Waals surface area contributed by atoms with Crippen molar-refractivity contribution < 1.29 is 19.4 Å². The van der Waals surface area contributed by atoms with E-state index in [0.717, 1.165) is 30.2 Å². The summed E-state index contributed by atoms with van der Waals surface area (Å²) in [5.41, 5.74) is 2.94. The number of phenolic OH excluding ortho intramolecular Hbond substituents is 1. The number of ether oxygens (including phenoxy) is 1. The van der Waals surface area contributed by atoms with Crippen molar-refractivity contribution in [2.45, 2.75) is 38.5 Å². The average molecular weight is 385 g/mol. The molecule has 1 rings (SSSR count). The van der Waals surface area contributed by atoms with Gasteiger partial charge in [-0.3, -0.25) is 9.59 Å². The number of nitrogens with one attached hydrogen (secondary N) is 1. The van der Waals surface area contributed by atoms with Crippen LogP contribution in [0.5, 0.6) is 5.75 Å². The van der Waals surface area contributed by atoms with Gasteiger partial charge in [-0.2, -0.15) is 5.10 Å². The number of halogens is 1. The van der Waals surface area contributed by atoms with Crippen molar-refractivity contribution in [2.24, 2.45) is 5.10 Å². The first kappa shape index (κ1) is 19.2. The number of carbonyl (C=O) groups is 2. The van der Waals surface area contributed by atoms with Crippen LogP contribution >= 0.6 is 15.9 Å². The van der Waals surface area contributed by atoms with Gasteiger partial charge in [-0.1, -0.05) is 28.8 Å². The maximum absolute atomic E-state index is 11.6. The second kappa shape index (κ2) is 10.8. The molecular weight excluding hydrogens is 364 g/mol. The Morgan fingerprint density at radius 3 is 2.65 bits per heavy atom. The van der Waals surface area contributed by atoms with E-state index in [0.29, 0.717) is 18.4 Å². The number of phenols is 1. The summed E-state index contributed by atoms with van der Waals surface area (Å²) in [6, 6.07) is 4.96. The minimum absolute atomic E-state index is 0.0943. The number of hydrogen-bond donors (Lipinski definition) is 2. The molecule has 0 unspecified atom stereocenters. The number of hydrogen-bond acceptors (Lipinski definition) is 5. The normalized spacial score (nSPS) is 10.7. The molecule has 0 aliphatic heterocycles. The molecule has 0 aromatic heterocycles. The van der Waals surface area contributed by atoms with Crippen LogP contribution in [0.1, 0.15) is 44.1 Å². The smallest absolute Gasteiger partial charge is 0.305 e. The topological polar surface area (TPSA) is 88.0 Å². The molecule has 0 radical (unpaired) electrons. The number of unbranched alkanes of at least 4 members (excludes halogenated alkanes) is 3. The van der Waals surface area contributed by atoms with Gasteiger partial charge >= 0.3 is 5.97 Å². The van der Waals surface area contributed by atoms with Crippen LogP contribution in [0.2, 0.25) is 0 Å². The minimum Gasteiger partial charge on any atom is -0.507 e. The van der Waals surface area contributed by atoms with Gasteiger partial charge in [0.25, 0.3) is 0 Å². The molecule has 23 heavy (non-hydrogen) atoms. The summed E-state index contributed by atoms with van der Waals surface area (Å²) in [5, 5.41) is 13.4. The van der Waals surface area contributed by atoms with Gasteiger partial charge in [0.1, 0.15) is 5.75 Å². The zero-order valence-electron chi connectivity index (χ0n) is 13.0. The van der Waals surface area contributed by atoms with E-state index in [1.54, 1.807) is 18.2 Å². The molecule has 1 amide bonds. The maximum Gasteiger partial charge on any atom is 0.305 e. The zero-order valence-corrected chi connectivity index (χ0v) is 14.6. The van der Waals surface area contributed by atoms with Crippen LogP contribution in [0.3, 0.4) is 0 Å². The van der Waals surface area contributed by atoms with E-state index >= 15 is 0 Å². The number of methoxy groups -OCH3 is 1. The highest BCUT2D eigenvalue weighted by molar-refractivity contribution is 9.10. The molecule has 126 valence electrons. The lowest BCUT2D eigenvalue weighted by Crippen LogP contribution is -2.16. The van der Waals surface area contributed by atoms with Crippen molar-refractivity contribution in [3.63, 3.8) is 0 Å². The molecule has 0 aliphatic carbocycles. The van der Waals surface area contributed by atoms with Crippen LogP contribution in [-0.4, -0.2) is 30.3 Å². The number of rotatable bonds is 9. The number of esters is 1. The molecule has 0 saturated heterocycles. The standard InChI is InChI=1S/C16H21BrN2O4/c1-23-16(22)7-5-3-2-4-6-15(21)19-18-11-12-10-13(17)8-9-14(12)20/h8-11,20H,2-7H2,1H3,(H,19,21)/b18-11+. The summed E-state index contributed by atoms with van der Waals surface area (Å²) in [6.07, 6.45) is 5.47. The molecule has 0 aliphatic rings. The molecule has 7 heteroatoms. The summed E-state index contributed by atoms with van der Waals surface area (Å²) in [7, 11) is 1.38. The van der Waals surface area contributed by atoms with Crippen LogP contribution in [0.25, 0.3) is 0 Å². The Labute approximate surface area is 144 Å². The van der Waals surface area contributed by atoms with Crippen LogP contribution in [0.4, 0.5) is 0 Å². The summed E-state index contributed by atoms with van der Waals surface area (Å²) >= 11 is 3.30. The number of aromatic hydroxyl groups is 1. The zero-order chi connectivity index (χ0) is 17.1. The molecule has 0 saturated carbocycles. The number of hydrazone groups is 1. The summed E-state index contributed by atoms with van der Waals surface area (Å²) in [5.74, 6) is -0.284. The average Bonchev–Trinajstić information content (AvgIpc) is 2.53. The summed E-state index contributed by atoms with van der Waals surface area (Å²) in [6.45, 7) is 0. The Morgan fingerprint density at radius 1 is 1.26 bits per heavy atom. The summed E-state index contributed by atoms with van der Waals surface area (Å²) < 4.78 is 5.37. The lowest BCUT2D eigenvalue weighted by atomic mass is 10.1. The lowest BCUT2D eigenvalue weighted by molar-refractivity contribution is -0.140. The van der Waals surface area contributed by atoms with Crippen LogP contribution in [0, 0.1) is 0 Å². The van der Waals surface area contributed by atoms with Gasteiger partial charge in [-0.25, -0.2) is 5.43 Å². The van der Waals surface area contributed by atoms with Crippen molar-refractivity contribution in [2.75, 3.05) is 7.11 Å². The van der Waals surface area contributed by atoms with Crippen molar-refractivity contribution in [3.05, 3.63) is 28.2 Å². The van der Waals surface area contributed by atoms with Crippen molar-refractivity contribution in [1.82, 2.24) is 5.43 Å². The fourth-order valence-corrected chi connectivity index (χ4v) is 2.25. The first-order valence-electron chi connectivity index (χ1n) is 7.40. The fraction of sp³-hybridized carbons (Fsp3) is 0.438. The fourth-order valence-electron chi connectivity index (χ4n) is 1.87. The minimum atomic E-state index is -0.201. The van der Waals surface area contributed by atoms with E-state index in [1.807, 2.05) is 0 Å². The highest BCUT2D eigenvalue weighted by atomic mass is 79.9. The maximum atomic E-state index is 11.6. The third-order valence-electron chi connectivity index (χ3n) is 3.14. The van der Waals surface area contributed by atoms with Gasteiger partial charge in [0.15, 0.2) is 0 Å². The van der Waals surface area contributed by atoms with Crippen LogP contribution in [-0.2, 0) is 14.3 Å². The third kappa shape index (κ3) is 8.35. The molecule has 1 aromatic rings. The van der Waals surface area contributed by atoms with Crippen LogP contribution < -0.4 is 5.43 Å². The Morgan fingerprint density at radius 2 is 1.96 bits per heavy atom. The number of benzene rings is 1. The van der Waals surface area contributed by atoms with E-state index in [2.05, 4.69) is 31.2 Å². The third-order valence-corrected chi connectivity index (χ3v) is 3.64. The van der Waals surface area contributed by atoms with E-state index in [4.69, 9.17) is 0 Å². The first-order valence-corrected chi connectivity index (χ1v) is 8.19. The molecule has 0 heterocycles. The van der Waals surface area contributed by atoms with Gasteiger partial charge in [-0.05, 0) is 31.0 Å². The second-order valence-electron chi connectivity index (χ2n) is 4.99. The molecule has 0 spiro atoms. The van der Waals surface area contributed by atoms with E-state index < -0.39 is 0 Å². The van der Waals surface area contributed by atoms with Crippen LogP contribution in [0.15, 0.2) is 27.8 Å². The number of nitrogens with zero attached hydrogens (tertiary/aromatic N) is 1. The Kier molecular flexibility index (Phi) is 8.97. The Bertz CT molecular complexity index is 561. The van der Waals surface area contributed by atoms with Gasteiger partial charge in [-0.15, -0.1) is 0 Å². The van der Waals surface area contributed by atoms with Gasteiger partial charge in [0.05, 0.1) is 13.3 Å². The highest BCUT2D eigenvalue weighted by Gasteiger charge is 2.02. The number of carbonyl (C=O) groups excluding carboxylic acids is 2. The predicted octanol–water partition coefficient (Wildman–Crippen LogP) is 3.12. The molecule has 2 N–H and O–H groups in total. The van der Waals surface area contributed by atoms with Gasteiger partial charge in [0.2, 0.25) is 5.91 Å². The monoisotopic (exact) mass is 384 g/mol. The molecule has 6 nitrogen and oxygen atoms in total. The molecule has 1 aromatic carbocycles. The Balaban J connectivity index is 2.18.